The lowest BCUT2D eigenvalue weighted by Crippen LogP contribution is -2.14. The zero-order valence-corrected chi connectivity index (χ0v) is 12.4. The summed E-state index contributed by atoms with van der Waals surface area (Å²) in [4.78, 5) is 22.9. The predicted molar refractivity (Wildman–Crippen MR) is 82.1 cm³/mol. The van der Waals surface area contributed by atoms with Crippen LogP contribution >= 0.6 is 11.6 Å². The summed E-state index contributed by atoms with van der Waals surface area (Å²) < 4.78 is 11.3. The molecule has 0 aliphatic carbocycles. The van der Waals surface area contributed by atoms with Gasteiger partial charge in [-0.15, -0.1) is 0 Å². The third-order valence-corrected chi connectivity index (χ3v) is 3.20. The van der Waals surface area contributed by atoms with E-state index in [-0.39, 0.29) is 6.08 Å². The van der Waals surface area contributed by atoms with Gasteiger partial charge in [0.05, 0.1) is 5.69 Å². The third-order valence-electron chi connectivity index (χ3n) is 2.94. The fourth-order valence-corrected chi connectivity index (χ4v) is 1.96. The van der Waals surface area contributed by atoms with Crippen molar-refractivity contribution in [2.75, 3.05) is 0 Å². The summed E-state index contributed by atoms with van der Waals surface area (Å²) in [6, 6.07) is 12.5. The molecule has 0 saturated heterocycles. The van der Waals surface area contributed by atoms with Gasteiger partial charge < -0.3 is 14.9 Å². The van der Waals surface area contributed by atoms with Crippen molar-refractivity contribution < 1.29 is 13.9 Å². The first-order chi connectivity index (χ1) is 11.0. The maximum Gasteiger partial charge on any atom is 0.444 e. The summed E-state index contributed by atoms with van der Waals surface area (Å²) in [5.41, 5.74) is 5.90. The average Bonchev–Trinajstić information content (AvgIpc) is 2.90. The van der Waals surface area contributed by atoms with Gasteiger partial charge in [-0.25, -0.2) is 4.79 Å². The van der Waals surface area contributed by atoms with E-state index >= 15 is 0 Å². The Kier molecular flexibility index (Phi) is 3.86. The van der Waals surface area contributed by atoms with Crippen LogP contribution in [-0.2, 0) is 0 Å². The van der Waals surface area contributed by atoms with Crippen LogP contribution in [0.25, 0.3) is 5.69 Å². The minimum Gasteiger partial charge on any atom is -0.410 e. The van der Waals surface area contributed by atoms with E-state index in [1.165, 1.54) is 24.3 Å². The lowest BCUT2D eigenvalue weighted by Gasteiger charge is -2.00. The summed E-state index contributed by atoms with van der Waals surface area (Å²) in [6.45, 7) is 0. The largest absolute Gasteiger partial charge is 0.444 e. The van der Waals surface area contributed by atoms with Gasteiger partial charge in [-0.2, -0.15) is 4.68 Å². The van der Waals surface area contributed by atoms with E-state index in [1.54, 1.807) is 24.3 Å². The predicted octanol–water partition coefficient (Wildman–Crippen LogP) is 2.37. The molecule has 0 radical (unpaired) electrons. The van der Waals surface area contributed by atoms with Crippen molar-refractivity contribution in [1.29, 1.82) is 0 Å². The van der Waals surface area contributed by atoms with Gasteiger partial charge >= 0.3 is 11.8 Å². The lowest BCUT2D eigenvalue weighted by atomic mass is 10.2. The van der Waals surface area contributed by atoms with E-state index in [0.29, 0.717) is 22.0 Å². The number of aromatic nitrogens is 2. The van der Waals surface area contributed by atoms with Crippen molar-refractivity contribution in [1.82, 2.24) is 9.78 Å². The van der Waals surface area contributed by atoms with E-state index in [1.807, 2.05) is 0 Å². The van der Waals surface area contributed by atoms with Crippen molar-refractivity contribution >= 4 is 17.5 Å². The fourth-order valence-electron chi connectivity index (χ4n) is 1.84. The van der Waals surface area contributed by atoms with Gasteiger partial charge in [0, 0.05) is 10.6 Å². The highest BCUT2D eigenvalue weighted by atomic mass is 35.5. The van der Waals surface area contributed by atoms with Gasteiger partial charge in [-0.05, 0) is 48.5 Å². The third kappa shape index (κ3) is 3.24. The number of primary amides is 1. The number of carbonyl (C=O) groups excluding carboxylic acids is 1. The zero-order valence-electron chi connectivity index (χ0n) is 11.6. The standard InChI is InChI=1S/C15H10ClN3O4/c16-10-3-7-12(8-4-10)22-14-18-19(15(21)23-14)11-5-1-9(2-6-11)13(17)20/h1-8H,(H2,17,20). The Morgan fingerprint density at radius 2 is 1.78 bits per heavy atom. The van der Waals surface area contributed by atoms with Crippen LogP contribution in [0.4, 0.5) is 0 Å². The Hall–Kier alpha value is -3.06. The van der Waals surface area contributed by atoms with Crippen LogP contribution in [0.5, 0.6) is 11.8 Å². The number of carbonyl (C=O) groups is 1. The first-order valence-electron chi connectivity index (χ1n) is 6.47. The van der Waals surface area contributed by atoms with E-state index in [4.69, 9.17) is 26.5 Å². The first kappa shape index (κ1) is 14.9. The van der Waals surface area contributed by atoms with Crippen LogP contribution in [0.3, 0.4) is 0 Å². The molecule has 0 atom stereocenters. The molecule has 8 heteroatoms. The smallest absolute Gasteiger partial charge is 0.410 e. The Balaban J connectivity index is 1.87. The summed E-state index contributed by atoms with van der Waals surface area (Å²) in [6.07, 6.45) is -0.212. The highest BCUT2D eigenvalue weighted by Gasteiger charge is 2.12. The number of rotatable bonds is 4. The van der Waals surface area contributed by atoms with Gasteiger partial charge in [-0.3, -0.25) is 4.79 Å². The maximum absolute atomic E-state index is 11.8. The van der Waals surface area contributed by atoms with E-state index in [0.717, 1.165) is 4.68 Å². The summed E-state index contributed by atoms with van der Waals surface area (Å²) in [7, 11) is 0. The Morgan fingerprint density at radius 1 is 1.13 bits per heavy atom. The number of nitrogens with two attached hydrogens (primary N) is 1. The lowest BCUT2D eigenvalue weighted by molar-refractivity contribution is 0.100. The maximum atomic E-state index is 11.8. The fraction of sp³-hybridized carbons (Fsp3) is 0. The number of hydrogen-bond acceptors (Lipinski definition) is 5. The summed E-state index contributed by atoms with van der Waals surface area (Å²) >= 11 is 5.78. The molecule has 3 rings (SSSR count). The topological polar surface area (TPSA) is 100 Å². The molecular weight excluding hydrogens is 322 g/mol. The number of nitrogens with zero attached hydrogens (tertiary/aromatic N) is 2. The van der Waals surface area contributed by atoms with E-state index in [9.17, 15) is 9.59 Å². The second kappa shape index (κ2) is 5.98. The van der Waals surface area contributed by atoms with Gasteiger partial charge in [0.15, 0.2) is 0 Å². The molecule has 3 aromatic rings. The molecule has 0 fully saturated rings. The number of amides is 1. The van der Waals surface area contributed by atoms with Crippen molar-refractivity contribution in [3.8, 4) is 17.5 Å². The van der Waals surface area contributed by atoms with Gasteiger partial charge in [0.25, 0.3) is 0 Å². The molecule has 0 bridgehead atoms. The first-order valence-corrected chi connectivity index (χ1v) is 6.84. The van der Waals surface area contributed by atoms with Crippen LogP contribution in [0.1, 0.15) is 10.4 Å². The minimum atomic E-state index is -0.721. The Bertz CT molecular complexity index is 898. The van der Waals surface area contributed by atoms with Gasteiger partial charge in [0.1, 0.15) is 5.75 Å². The molecule has 1 amide bonds. The highest BCUT2D eigenvalue weighted by molar-refractivity contribution is 6.30. The molecule has 0 spiro atoms. The minimum absolute atomic E-state index is 0.212. The van der Waals surface area contributed by atoms with E-state index in [2.05, 4.69) is 5.10 Å². The van der Waals surface area contributed by atoms with Crippen molar-refractivity contribution in [2.24, 2.45) is 5.73 Å². The molecule has 1 heterocycles. The number of halogens is 1. The molecule has 7 nitrogen and oxygen atoms in total. The van der Waals surface area contributed by atoms with Crippen LogP contribution in [-0.4, -0.2) is 15.7 Å². The Morgan fingerprint density at radius 3 is 2.39 bits per heavy atom. The summed E-state index contributed by atoms with van der Waals surface area (Å²) in [5.74, 6) is -0.858. The molecule has 2 aromatic carbocycles. The molecule has 116 valence electrons. The van der Waals surface area contributed by atoms with Gasteiger partial charge in [0.2, 0.25) is 5.91 Å². The van der Waals surface area contributed by atoms with Crippen LogP contribution < -0.4 is 16.2 Å². The molecule has 0 aliphatic rings. The number of ether oxygens (including phenoxy) is 1. The van der Waals surface area contributed by atoms with Crippen LogP contribution in [0, 0.1) is 0 Å². The molecular formula is C15H10ClN3O4. The highest BCUT2D eigenvalue weighted by Crippen LogP contribution is 2.21. The zero-order chi connectivity index (χ0) is 16.4. The normalized spacial score (nSPS) is 10.5. The SMILES string of the molecule is NC(=O)c1ccc(-n2nc(Oc3ccc(Cl)cc3)oc2=O)cc1. The molecule has 1 aromatic heterocycles. The molecule has 0 saturated carbocycles. The average molecular weight is 332 g/mol. The molecule has 2 N–H and O–H groups in total. The monoisotopic (exact) mass is 331 g/mol. The second-order valence-electron chi connectivity index (χ2n) is 4.51. The second-order valence-corrected chi connectivity index (χ2v) is 4.95. The van der Waals surface area contributed by atoms with Crippen LogP contribution in [0.2, 0.25) is 5.02 Å². The van der Waals surface area contributed by atoms with Crippen molar-refractivity contribution in [3.63, 3.8) is 0 Å². The quantitative estimate of drug-likeness (QED) is 0.791. The van der Waals surface area contributed by atoms with Crippen molar-refractivity contribution in [2.45, 2.75) is 0 Å². The molecule has 0 aliphatic heterocycles. The summed E-state index contributed by atoms with van der Waals surface area (Å²) in [5, 5.41) is 4.49. The number of hydrogen-bond donors (Lipinski definition) is 1. The van der Waals surface area contributed by atoms with E-state index < -0.39 is 11.7 Å². The Labute approximate surface area is 134 Å². The molecule has 23 heavy (non-hydrogen) atoms. The van der Waals surface area contributed by atoms with Gasteiger partial charge in [-0.1, -0.05) is 16.7 Å². The van der Waals surface area contributed by atoms with Crippen molar-refractivity contribution in [3.05, 3.63) is 69.7 Å². The molecule has 0 unspecified atom stereocenters. The van der Waals surface area contributed by atoms with Crippen LogP contribution in [0.15, 0.2) is 57.7 Å². The number of benzene rings is 2.